The molecule has 0 heterocycles. The Morgan fingerprint density at radius 1 is 1.07 bits per heavy atom. The van der Waals surface area contributed by atoms with Crippen molar-refractivity contribution in [2.45, 2.75) is 55.9 Å². The molecule has 0 saturated heterocycles. The van der Waals surface area contributed by atoms with Crippen molar-refractivity contribution in [1.29, 1.82) is 0 Å². The van der Waals surface area contributed by atoms with Gasteiger partial charge >= 0.3 is 0 Å². The first-order chi connectivity index (χ1) is 12.7. The predicted octanol–water partition coefficient (Wildman–Crippen LogP) is 4.04. The molecule has 27 heavy (non-hydrogen) atoms. The van der Waals surface area contributed by atoms with Gasteiger partial charge in [0.15, 0.2) is 11.5 Å². The van der Waals surface area contributed by atoms with Crippen LogP contribution in [-0.2, 0) is 4.79 Å². The van der Waals surface area contributed by atoms with Crippen molar-refractivity contribution in [2.75, 3.05) is 33.1 Å². The molecule has 1 aromatic carbocycles. The number of carbonyl (C=O) groups is 1. The molecule has 0 bridgehead atoms. The van der Waals surface area contributed by atoms with Crippen molar-refractivity contribution in [3.63, 3.8) is 0 Å². The van der Waals surface area contributed by atoms with Crippen molar-refractivity contribution < 1.29 is 14.3 Å². The third kappa shape index (κ3) is 9.08. The van der Waals surface area contributed by atoms with Crippen LogP contribution in [0, 0.1) is 0 Å². The molecule has 2 rings (SSSR count). The van der Waals surface area contributed by atoms with Gasteiger partial charge in [0.2, 0.25) is 5.91 Å². The van der Waals surface area contributed by atoms with E-state index in [0.717, 1.165) is 22.9 Å². The molecular weight excluding hydrogens is 384 g/mol. The molecule has 0 spiro atoms. The summed E-state index contributed by atoms with van der Waals surface area (Å²) in [5.41, 5.74) is 0. The van der Waals surface area contributed by atoms with Crippen molar-refractivity contribution in [3.05, 3.63) is 18.2 Å². The van der Waals surface area contributed by atoms with Crippen LogP contribution in [0.15, 0.2) is 23.1 Å². The second-order valence-electron chi connectivity index (χ2n) is 6.61. The van der Waals surface area contributed by atoms with Crippen LogP contribution in [-0.4, -0.2) is 45.0 Å². The Bertz CT molecular complexity index is 552. The van der Waals surface area contributed by atoms with E-state index >= 15 is 0 Å². The smallest absolute Gasteiger partial charge is 0.220 e. The first-order valence-corrected chi connectivity index (χ1v) is 10.6. The number of benzene rings is 1. The summed E-state index contributed by atoms with van der Waals surface area (Å²) in [5.74, 6) is 2.29. The van der Waals surface area contributed by atoms with E-state index in [9.17, 15) is 4.79 Å². The summed E-state index contributed by atoms with van der Waals surface area (Å²) < 4.78 is 10.5. The maximum atomic E-state index is 12.0. The van der Waals surface area contributed by atoms with Gasteiger partial charge in [0.05, 0.1) is 14.2 Å². The average Bonchev–Trinajstić information content (AvgIpc) is 2.94. The van der Waals surface area contributed by atoms with Gasteiger partial charge in [-0.3, -0.25) is 4.79 Å². The van der Waals surface area contributed by atoms with E-state index in [-0.39, 0.29) is 18.3 Å². The summed E-state index contributed by atoms with van der Waals surface area (Å²) >= 11 is 1.65. The zero-order valence-corrected chi connectivity index (χ0v) is 18.1. The minimum Gasteiger partial charge on any atom is -0.493 e. The lowest BCUT2D eigenvalue weighted by Gasteiger charge is -2.16. The average molecular weight is 417 g/mol. The third-order valence-corrected chi connectivity index (χ3v) is 5.68. The normalized spacial score (nSPS) is 14.7. The van der Waals surface area contributed by atoms with Gasteiger partial charge < -0.3 is 20.1 Å². The molecule has 1 aromatic rings. The number of thioether (sulfide) groups is 1. The van der Waals surface area contributed by atoms with Gasteiger partial charge in [-0.05, 0) is 31.0 Å². The summed E-state index contributed by atoms with van der Waals surface area (Å²) in [6.45, 7) is 1.57. The molecule has 1 aliphatic carbocycles. The van der Waals surface area contributed by atoms with Crippen LogP contribution >= 0.6 is 24.2 Å². The largest absolute Gasteiger partial charge is 0.493 e. The first-order valence-electron chi connectivity index (χ1n) is 9.58. The summed E-state index contributed by atoms with van der Waals surface area (Å²) in [4.78, 5) is 13.0. The molecule has 1 aliphatic rings. The monoisotopic (exact) mass is 416 g/mol. The molecule has 7 heteroatoms. The van der Waals surface area contributed by atoms with Gasteiger partial charge in [0.25, 0.3) is 0 Å². The van der Waals surface area contributed by atoms with Crippen LogP contribution < -0.4 is 20.1 Å². The van der Waals surface area contributed by atoms with E-state index in [4.69, 9.17) is 9.47 Å². The van der Waals surface area contributed by atoms with E-state index in [1.165, 1.54) is 38.5 Å². The molecule has 0 unspecified atom stereocenters. The van der Waals surface area contributed by atoms with Gasteiger partial charge in [-0.15, -0.1) is 24.2 Å². The molecule has 0 aliphatic heterocycles. The van der Waals surface area contributed by atoms with Crippen molar-refractivity contribution in [1.82, 2.24) is 10.6 Å². The summed E-state index contributed by atoms with van der Waals surface area (Å²) in [6, 6.07) is 6.45. The highest BCUT2D eigenvalue weighted by atomic mass is 35.5. The molecule has 0 aromatic heterocycles. The number of methoxy groups -OCH3 is 2. The molecule has 0 atom stereocenters. The first kappa shape index (κ1) is 23.9. The zero-order chi connectivity index (χ0) is 18.6. The Morgan fingerprint density at radius 2 is 1.78 bits per heavy atom. The van der Waals surface area contributed by atoms with Crippen LogP contribution in [0.5, 0.6) is 11.5 Å². The Balaban J connectivity index is 0.00000364. The number of ether oxygens (including phenoxy) is 2. The topological polar surface area (TPSA) is 59.6 Å². The number of amides is 1. The molecular formula is C20H33ClN2O3S. The fourth-order valence-corrected chi connectivity index (χ4v) is 4.10. The lowest BCUT2D eigenvalue weighted by Crippen LogP contribution is -2.36. The van der Waals surface area contributed by atoms with Crippen LogP contribution in [0.3, 0.4) is 0 Å². The van der Waals surface area contributed by atoms with E-state index in [1.807, 2.05) is 18.2 Å². The highest BCUT2D eigenvalue weighted by Gasteiger charge is 2.11. The Morgan fingerprint density at radius 3 is 2.44 bits per heavy atom. The van der Waals surface area contributed by atoms with E-state index in [0.29, 0.717) is 24.8 Å². The number of rotatable bonds is 10. The lowest BCUT2D eigenvalue weighted by atomic mass is 10.1. The maximum Gasteiger partial charge on any atom is 0.220 e. The second-order valence-corrected chi connectivity index (χ2v) is 7.78. The molecule has 1 fully saturated rings. The molecule has 0 radical (unpaired) electrons. The van der Waals surface area contributed by atoms with Crippen molar-refractivity contribution in [3.8, 4) is 11.5 Å². The minimum absolute atomic E-state index is 0. The molecule has 1 saturated carbocycles. The number of carbonyl (C=O) groups excluding carboxylic acids is 1. The zero-order valence-electron chi connectivity index (χ0n) is 16.4. The summed E-state index contributed by atoms with van der Waals surface area (Å²) in [7, 11) is 3.25. The molecule has 5 nitrogen and oxygen atoms in total. The van der Waals surface area contributed by atoms with Crippen LogP contribution in [0.25, 0.3) is 0 Å². The Labute approximate surface area is 173 Å². The van der Waals surface area contributed by atoms with Gasteiger partial charge in [-0.25, -0.2) is 0 Å². The minimum atomic E-state index is 0. The van der Waals surface area contributed by atoms with Gasteiger partial charge in [-0.1, -0.05) is 25.7 Å². The second kappa shape index (κ2) is 14.0. The number of nitrogens with one attached hydrogen (secondary N) is 2. The number of hydrogen-bond acceptors (Lipinski definition) is 5. The number of hydrogen-bond donors (Lipinski definition) is 2. The van der Waals surface area contributed by atoms with Gasteiger partial charge in [0, 0.05) is 36.2 Å². The SMILES string of the molecule is COc1ccc(SCCC(=O)NCCNC2CCCCCC2)cc1OC.Cl. The Hall–Kier alpha value is -1.11. The fraction of sp³-hybridized carbons (Fsp3) is 0.650. The van der Waals surface area contributed by atoms with E-state index in [2.05, 4.69) is 10.6 Å². The highest BCUT2D eigenvalue weighted by Crippen LogP contribution is 2.31. The summed E-state index contributed by atoms with van der Waals surface area (Å²) in [6.07, 6.45) is 8.46. The molecule has 154 valence electrons. The van der Waals surface area contributed by atoms with E-state index in [1.54, 1.807) is 26.0 Å². The van der Waals surface area contributed by atoms with Crippen LogP contribution in [0.4, 0.5) is 0 Å². The quantitative estimate of drug-likeness (QED) is 0.342. The predicted molar refractivity (Wildman–Crippen MR) is 115 cm³/mol. The summed E-state index contributed by atoms with van der Waals surface area (Å²) in [5, 5.41) is 6.58. The standard InChI is InChI=1S/C20H32N2O3S.ClH/c1-24-18-10-9-17(15-19(18)25-2)26-14-11-20(23)22-13-12-21-16-7-5-3-4-6-8-16;/h9-10,15-16,21H,3-8,11-14H2,1-2H3,(H,22,23);1H. The van der Waals surface area contributed by atoms with Gasteiger partial charge in [0.1, 0.15) is 0 Å². The maximum absolute atomic E-state index is 12.0. The fourth-order valence-electron chi connectivity index (χ4n) is 3.22. The third-order valence-electron chi connectivity index (χ3n) is 4.69. The molecule has 2 N–H and O–H groups in total. The Kier molecular flexibility index (Phi) is 12.4. The van der Waals surface area contributed by atoms with Crippen LogP contribution in [0.2, 0.25) is 0 Å². The van der Waals surface area contributed by atoms with E-state index < -0.39 is 0 Å². The van der Waals surface area contributed by atoms with Crippen molar-refractivity contribution >= 4 is 30.1 Å². The van der Waals surface area contributed by atoms with Gasteiger partial charge in [-0.2, -0.15) is 0 Å². The van der Waals surface area contributed by atoms with Crippen LogP contribution in [0.1, 0.15) is 44.9 Å². The highest BCUT2D eigenvalue weighted by molar-refractivity contribution is 7.99. The number of halogens is 1. The van der Waals surface area contributed by atoms with Crippen molar-refractivity contribution in [2.24, 2.45) is 0 Å². The molecule has 1 amide bonds. The lowest BCUT2D eigenvalue weighted by molar-refractivity contribution is -0.120.